The highest BCUT2D eigenvalue weighted by Gasteiger charge is 2.14. The van der Waals surface area contributed by atoms with E-state index in [1.807, 2.05) is 26.0 Å². The number of nitrogens with one attached hydrogen (secondary N) is 2. The zero-order chi connectivity index (χ0) is 18.4. The summed E-state index contributed by atoms with van der Waals surface area (Å²) >= 11 is 0. The lowest BCUT2D eigenvalue weighted by Crippen LogP contribution is -2.42. The number of carbonyl (C=O) groups excluding carboxylic acids is 3. The molecule has 2 N–H and O–H groups in total. The molecule has 0 bridgehead atoms. The SMILES string of the molecule is Cc1ccc(C)c(C(=O)CCC(=O)NNC(=O)c2ccccc2F)c1. The van der Waals surface area contributed by atoms with E-state index in [2.05, 4.69) is 10.9 Å². The van der Waals surface area contributed by atoms with E-state index in [0.717, 1.165) is 17.2 Å². The van der Waals surface area contributed by atoms with Gasteiger partial charge in [-0.25, -0.2) is 4.39 Å². The zero-order valence-corrected chi connectivity index (χ0v) is 14.1. The number of hydrogen-bond acceptors (Lipinski definition) is 3. The van der Waals surface area contributed by atoms with Crippen molar-refractivity contribution in [3.05, 3.63) is 70.5 Å². The molecule has 0 aliphatic rings. The van der Waals surface area contributed by atoms with Crippen molar-refractivity contribution in [2.45, 2.75) is 26.7 Å². The topological polar surface area (TPSA) is 75.3 Å². The maximum atomic E-state index is 13.5. The molecule has 0 aliphatic carbocycles. The molecule has 0 atom stereocenters. The van der Waals surface area contributed by atoms with Crippen molar-refractivity contribution in [2.24, 2.45) is 0 Å². The van der Waals surface area contributed by atoms with Crippen LogP contribution in [0, 0.1) is 19.7 Å². The van der Waals surface area contributed by atoms with Gasteiger partial charge in [0.1, 0.15) is 5.82 Å². The number of rotatable bonds is 5. The Labute approximate surface area is 145 Å². The quantitative estimate of drug-likeness (QED) is 0.648. The van der Waals surface area contributed by atoms with Crippen LogP contribution >= 0.6 is 0 Å². The fourth-order valence-corrected chi connectivity index (χ4v) is 2.30. The van der Waals surface area contributed by atoms with Crippen LogP contribution in [0.3, 0.4) is 0 Å². The Morgan fingerprint density at radius 1 is 0.920 bits per heavy atom. The summed E-state index contributed by atoms with van der Waals surface area (Å²) < 4.78 is 13.5. The normalized spacial score (nSPS) is 10.2. The first-order valence-electron chi connectivity index (χ1n) is 7.82. The number of Topliss-reactive ketones (excluding diaryl/α,β-unsaturated/α-hetero) is 1. The van der Waals surface area contributed by atoms with Gasteiger partial charge in [-0.2, -0.15) is 0 Å². The van der Waals surface area contributed by atoms with Crippen LogP contribution < -0.4 is 10.9 Å². The molecule has 0 radical (unpaired) electrons. The van der Waals surface area contributed by atoms with Gasteiger partial charge in [0.05, 0.1) is 5.56 Å². The largest absolute Gasteiger partial charge is 0.294 e. The third kappa shape index (κ3) is 4.97. The summed E-state index contributed by atoms with van der Waals surface area (Å²) in [5, 5.41) is 0. The molecule has 0 saturated heterocycles. The maximum Gasteiger partial charge on any atom is 0.272 e. The van der Waals surface area contributed by atoms with E-state index in [0.29, 0.717) is 5.56 Å². The third-order valence-corrected chi connectivity index (χ3v) is 3.71. The maximum absolute atomic E-state index is 13.5. The van der Waals surface area contributed by atoms with Gasteiger partial charge in [0.15, 0.2) is 5.78 Å². The molecule has 130 valence electrons. The predicted molar refractivity (Wildman–Crippen MR) is 91.5 cm³/mol. The lowest BCUT2D eigenvalue weighted by Gasteiger charge is -2.09. The summed E-state index contributed by atoms with van der Waals surface area (Å²) in [6.45, 7) is 3.72. The first-order valence-corrected chi connectivity index (χ1v) is 7.82. The fraction of sp³-hybridized carbons (Fsp3) is 0.211. The zero-order valence-electron chi connectivity index (χ0n) is 14.1. The molecular weight excluding hydrogens is 323 g/mol. The minimum absolute atomic E-state index is 0.0195. The summed E-state index contributed by atoms with van der Waals surface area (Å²) in [5.41, 5.74) is 6.55. The minimum Gasteiger partial charge on any atom is -0.294 e. The van der Waals surface area contributed by atoms with E-state index < -0.39 is 17.6 Å². The summed E-state index contributed by atoms with van der Waals surface area (Å²) in [6, 6.07) is 11.0. The van der Waals surface area contributed by atoms with E-state index in [-0.39, 0.29) is 24.2 Å². The van der Waals surface area contributed by atoms with Crippen molar-refractivity contribution in [3.63, 3.8) is 0 Å². The molecule has 0 saturated carbocycles. The van der Waals surface area contributed by atoms with Gasteiger partial charge in [-0.15, -0.1) is 0 Å². The number of hydrazine groups is 1. The average molecular weight is 342 g/mol. The van der Waals surface area contributed by atoms with Crippen LogP contribution in [0.15, 0.2) is 42.5 Å². The van der Waals surface area contributed by atoms with Crippen molar-refractivity contribution in [2.75, 3.05) is 0 Å². The van der Waals surface area contributed by atoms with Crippen LogP contribution in [0.25, 0.3) is 0 Å². The lowest BCUT2D eigenvalue weighted by molar-refractivity contribution is -0.121. The number of amides is 2. The van der Waals surface area contributed by atoms with Crippen LogP contribution in [0.1, 0.15) is 44.7 Å². The molecule has 0 spiro atoms. The summed E-state index contributed by atoms with van der Waals surface area (Å²) in [7, 11) is 0. The van der Waals surface area contributed by atoms with E-state index in [1.54, 1.807) is 6.07 Å². The Balaban J connectivity index is 1.85. The van der Waals surface area contributed by atoms with Crippen LogP contribution in [0.5, 0.6) is 0 Å². The van der Waals surface area contributed by atoms with Gasteiger partial charge in [-0.3, -0.25) is 25.2 Å². The molecule has 0 unspecified atom stereocenters. The molecule has 0 aliphatic heterocycles. The van der Waals surface area contributed by atoms with E-state index in [4.69, 9.17) is 0 Å². The highest BCUT2D eigenvalue weighted by Crippen LogP contribution is 2.13. The third-order valence-electron chi connectivity index (χ3n) is 3.71. The average Bonchev–Trinajstić information content (AvgIpc) is 2.60. The second-order valence-corrected chi connectivity index (χ2v) is 5.72. The number of hydrogen-bond donors (Lipinski definition) is 2. The molecule has 2 amide bonds. The molecule has 5 nitrogen and oxygen atoms in total. The Hall–Kier alpha value is -3.02. The van der Waals surface area contributed by atoms with Crippen molar-refractivity contribution >= 4 is 17.6 Å². The molecule has 2 aromatic carbocycles. The first kappa shape index (κ1) is 18.3. The van der Waals surface area contributed by atoms with Crippen LogP contribution in [0.2, 0.25) is 0 Å². The summed E-state index contributed by atoms with van der Waals surface area (Å²) in [4.78, 5) is 35.8. The van der Waals surface area contributed by atoms with E-state index >= 15 is 0 Å². The summed E-state index contributed by atoms with van der Waals surface area (Å²) in [5.74, 6) is -2.10. The second-order valence-electron chi connectivity index (χ2n) is 5.72. The summed E-state index contributed by atoms with van der Waals surface area (Å²) in [6.07, 6.45) is -0.0601. The molecule has 6 heteroatoms. The molecule has 0 fully saturated rings. The monoisotopic (exact) mass is 342 g/mol. The molecule has 2 aromatic rings. The van der Waals surface area contributed by atoms with E-state index in [1.165, 1.54) is 18.2 Å². The molecular formula is C19H19FN2O3. The highest BCUT2D eigenvalue weighted by atomic mass is 19.1. The van der Waals surface area contributed by atoms with Crippen LogP contribution in [0.4, 0.5) is 4.39 Å². The first-order chi connectivity index (χ1) is 11.9. The fourth-order valence-electron chi connectivity index (χ4n) is 2.30. The van der Waals surface area contributed by atoms with Crippen molar-refractivity contribution in [3.8, 4) is 0 Å². The Kier molecular flexibility index (Phi) is 6.00. The van der Waals surface area contributed by atoms with Crippen molar-refractivity contribution in [1.29, 1.82) is 0 Å². The van der Waals surface area contributed by atoms with Gasteiger partial charge >= 0.3 is 0 Å². The van der Waals surface area contributed by atoms with Gasteiger partial charge in [0.25, 0.3) is 5.91 Å². The molecule has 2 rings (SSSR count). The standard InChI is InChI=1S/C19H19FN2O3/c1-12-7-8-13(2)15(11-12)17(23)9-10-18(24)21-22-19(25)14-5-3-4-6-16(14)20/h3-8,11H,9-10H2,1-2H3,(H,21,24)(H,22,25). The number of aryl methyl sites for hydroxylation is 2. The van der Waals surface area contributed by atoms with Gasteiger partial charge in [-0.05, 0) is 37.6 Å². The molecule has 0 heterocycles. The van der Waals surface area contributed by atoms with Crippen molar-refractivity contribution < 1.29 is 18.8 Å². The molecule has 25 heavy (non-hydrogen) atoms. The highest BCUT2D eigenvalue weighted by molar-refractivity contribution is 6.00. The minimum atomic E-state index is -0.757. The smallest absolute Gasteiger partial charge is 0.272 e. The van der Waals surface area contributed by atoms with Gasteiger partial charge in [0, 0.05) is 18.4 Å². The van der Waals surface area contributed by atoms with Gasteiger partial charge < -0.3 is 0 Å². The Morgan fingerprint density at radius 3 is 2.36 bits per heavy atom. The second kappa shape index (κ2) is 8.19. The van der Waals surface area contributed by atoms with Crippen LogP contribution in [-0.2, 0) is 4.79 Å². The number of halogens is 1. The Morgan fingerprint density at radius 2 is 1.64 bits per heavy atom. The predicted octanol–water partition coefficient (Wildman–Crippen LogP) is 2.87. The van der Waals surface area contributed by atoms with Gasteiger partial charge in [0.2, 0.25) is 5.91 Å². The van der Waals surface area contributed by atoms with Crippen molar-refractivity contribution in [1.82, 2.24) is 10.9 Å². The lowest BCUT2D eigenvalue weighted by atomic mass is 9.99. The van der Waals surface area contributed by atoms with E-state index in [9.17, 15) is 18.8 Å². The van der Waals surface area contributed by atoms with Gasteiger partial charge in [-0.1, -0.05) is 29.8 Å². The number of benzene rings is 2. The number of ketones is 1. The number of carbonyl (C=O) groups is 3. The molecule has 0 aromatic heterocycles. The van der Waals surface area contributed by atoms with Crippen LogP contribution in [-0.4, -0.2) is 17.6 Å². The Bertz CT molecular complexity index is 818.